The lowest BCUT2D eigenvalue weighted by Gasteiger charge is -2.14. The summed E-state index contributed by atoms with van der Waals surface area (Å²) in [4.78, 5) is 0. The molecule has 0 aliphatic carbocycles. The number of phenolic OH excluding ortho intramolecular Hbond substituents is 1. The SMILES string of the molecule is CC(C)[C@@H](O)Cc1cccc(O)c1. The lowest BCUT2D eigenvalue weighted by atomic mass is 9.99. The van der Waals surface area contributed by atoms with Crippen LogP contribution in [0.2, 0.25) is 0 Å². The number of hydrogen-bond donors (Lipinski definition) is 2. The fourth-order valence-corrected chi connectivity index (χ4v) is 1.16. The van der Waals surface area contributed by atoms with Crippen LogP contribution in [0.3, 0.4) is 0 Å². The highest BCUT2D eigenvalue weighted by Crippen LogP contribution is 2.14. The molecule has 0 aliphatic rings. The monoisotopic (exact) mass is 180 g/mol. The van der Waals surface area contributed by atoms with Gasteiger partial charge in [0.2, 0.25) is 0 Å². The summed E-state index contributed by atoms with van der Waals surface area (Å²) in [6.45, 7) is 3.96. The van der Waals surface area contributed by atoms with Crippen LogP contribution in [0.4, 0.5) is 0 Å². The summed E-state index contributed by atoms with van der Waals surface area (Å²) in [6.07, 6.45) is 0.272. The quantitative estimate of drug-likeness (QED) is 0.746. The molecule has 0 saturated carbocycles. The molecule has 0 aromatic heterocycles. The zero-order chi connectivity index (χ0) is 9.84. The molecule has 1 atom stereocenters. The Bertz CT molecular complexity index is 269. The van der Waals surface area contributed by atoms with Gasteiger partial charge in [-0.1, -0.05) is 26.0 Å². The van der Waals surface area contributed by atoms with Gasteiger partial charge >= 0.3 is 0 Å². The van der Waals surface area contributed by atoms with Gasteiger partial charge in [-0.3, -0.25) is 0 Å². The van der Waals surface area contributed by atoms with Gasteiger partial charge in [-0.25, -0.2) is 0 Å². The number of benzene rings is 1. The van der Waals surface area contributed by atoms with Crippen molar-refractivity contribution < 1.29 is 10.2 Å². The molecule has 0 radical (unpaired) electrons. The second-order valence-electron chi connectivity index (χ2n) is 3.69. The van der Waals surface area contributed by atoms with E-state index < -0.39 is 0 Å². The molecule has 1 aromatic carbocycles. The Labute approximate surface area is 78.8 Å². The number of phenols is 1. The molecule has 0 saturated heterocycles. The molecule has 2 N–H and O–H groups in total. The van der Waals surface area contributed by atoms with Crippen molar-refractivity contribution in [1.29, 1.82) is 0 Å². The maximum absolute atomic E-state index is 9.59. The average Bonchev–Trinajstić information content (AvgIpc) is 2.04. The van der Waals surface area contributed by atoms with E-state index in [1.807, 2.05) is 19.9 Å². The third-order valence-corrected chi connectivity index (χ3v) is 2.12. The Balaban J connectivity index is 2.64. The van der Waals surface area contributed by atoms with Crippen molar-refractivity contribution in [3.05, 3.63) is 29.8 Å². The smallest absolute Gasteiger partial charge is 0.115 e. The molecule has 13 heavy (non-hydrogen) atoms. The van der Waals surface area contributed by atoms with Gasteiger partial charge in [0, 0.05) is 0 Å². The first kappa shape index (κ1) is 10.1. The van der Waals surface area contributed by atoms with Crippen molar-refractivity contribution in [2.45, 2.75) is 26.4 Å². The topological polar surface area (TPSA) is 40.5 Å². The lowest BCUT2D eigenvalue weighted by Crippen LogP contribution is -2.17. The molecule has 0 amide bonds. The molecule has 0 unspecified atom stereocenters. The van der Waals surface area contributed by atoms with E-state index in [0.717, 1.165) is 5.56 Å². The minimum atomic E-state index is -0.332. The molecule has 0 bridgehead atoms. The number of aliphatic hydroxyl groups excluding tert-OH is 1. The van der Waals surface area contributed by atoms with Crippen molar-refractivity contribution in [1.82, 2.24) is 0 Å². The average molecular weight is 180 g/mol. The molecule has 0 spiro atoms. The maximum Gasteiger partial charge on any atom is 0.115 e. The Morgan fingerprint density at radius 1 is 1.31 bits per heavy atom. The molecular formula is C11H16O2. The van der Waals surface area contributed by atoms with E-state index in [-0.39, 0.29) is 17.8 Å². The van der Waals surface area contributed by atoms with E-state index in [9.17, 15) is 10.2 Å². The van der Waals surface area contributed by atoms with E-state index >= 15 is 0 Å². The highest BCUT2D eigenvalue weighted by atomic mass is 16.3. The zero-order valence-electron chi connectivity index (χ0n) is 8.07. The Hall–Kier alpha value is -1.02. The molecule has 2 nitrogen and oxygen atoms in total. The molecular weight excluding hydrogens is 164 g/mol. The van der Waals surface area contributed by atoms with Crippen molar-refractivity contribution >= 4 is 0 Å². The predicted octanol–water partition coefficient (Wildman–Crippen LogP) is 1.95. The third kappa shape index (κ3) is 3.07. The minimum absolute atomic E-state index is 0.252. The summed E-state index contributed by atoms with van der Waals surface area (Å²) in [5.41, 5.74) is 0.973. The Morgan fingerprint density at radius 2 is 2.00 bits per heavy atom. The van der Waals surface area contributed by atoms with E-state index in [4.69, 9.17) is 0 Å². The van der Waals surface area contributed by atoms with E-state index in [2.05, 4.69) is 0 Å². The maximum atomic E-state index is 9.59. The van der Waals surface area contributed by atoms with Crippen LogP contribution in [0, 0.1) is 5.92 Å². The molecule has 72 valence electrons. The van der Waals surface area contributed by atoms with Gasteiger partial charge in [0.1, 0.15) is 5.75 Å². The van der Waals surface area contributed by atoms with E-state index in [0.29, 0.717) is 6.42 Å². The first-order chi connectivity index (χ1) is 6.09. The summed E-state index contributed by atoms with van der Waals surface area (Å²) in [5, 5.41) is 18.8. The van der Waals surface area contributed by atoms with Crippen molar-refractivity contribution in [3.63, 3.8) is 0 Å². The second-order valence-corrected chi connectivity index (χ2v) is 3.69. The van der Waals surface area contributed by atoms with Crippen LogP contribution in [-0.2, 0) is 6.42 Å². The first-order valence-corrected chi connectivity index (χ1v) is 4.55. The Morgan fingerprint density at radius 3 is 2.54 bits per heavy atom. The summed E-state index contributed by atoms with van der Waals surface area (Å²) in [6, 6.07) is 7.01. The van der Waals surface area contributed by atoms with E-state index in [1.54, 1.807) is 18.2 Å². The molecule has 0 heterocycles. The van der Waals surface area contributed by atoms with Crippen LogP contribution in [0.1, 0.15) is 19.4 Å². The standard InChI is InChI=1S/C11H16O2/c1-8(2)11(13)7-9-4-3-5-10(12)6-9/h3-6,8,11-13H,7H2,1-2H3/t11-/m0/s1. The predicted molar refractivity (Wildman–Crippen MR) is 52.7 cm³/mol. The molecule has 1 aromatic rings. The molecule has 0 fully saturated rings. The number of aromatic hydroxyl groups is 1. The zero-order valence-corrected chi connectivity index (χ0v) is 8.07. The summed E-state index contributed by atoms with van der Waals surface area (Å²) in [5.74, 6) is 0.510. The van der Waals surface area contributed by atoms with Crippen LogP contribution in [0.15, 0.2) is 24.3 Å². The van der Waals surface area contributed by atoms with E-state index in [1.165, 1.54) is 0 Å². The van der Waals surface area contributed by atoms with Crippen LogP contribution in [-0.4, -0.2) is 16.3 Å². The first-order valence-electron chi connectivity index (χ1n) is 4.55. The van der Waals surface area contributed by atoms with Crippen LogP contribution in [0.5, 0.6) is 5.75 Å². The fourth-order valence-electron chi connectivity index (χ4n) is 1.16. The van der Waals surface area contributed by atoms with Crippen molar-refractivity contribution in [2.75, 3.05) is 0 Å². The van der Waals surface area contributed by atoms with Gasteiger partial charge in [-0.2, -0.15) is 0 Å². The normalized spacial score (nSPS) is 13.2. The fraction of sp³-hybridized carbons (Fsp3) is 0.455. The third-order valence-electron chi connectivity index (χ3n) is 2.12. The van der Waals surface area contributed by atoms with Crippen LogP contribution >= 0.6 is 0 Å². The van der Waals surface area contributed by atoms with Gasteiger partial charge in [0.25, 0.3) is 0 Å². The molecule has 0 aliphatic heterocycles. The number of aliphatic hydroxyl groups is 1. The second kappa shape index (κ2) is 4.28. The summed E-state index contributed by atoms with van der Waals surface area (Å²) in [7, 11) is 0. The summed E-state index contributed by atoms with van der Waals surface area (Å²) >= 11 is 0. The van der Waals surface area contributed by atoms with Crippen molar-refractivity contribution in [3.8, 4) is 5.75 Å². The van der Waals surface area contributed by atoms with Gasteiger partial charge < -0.3 is 10.2 Å². The van der Waals surface area contributed by atoms with Gasteiger partial charge in [-0.15, -0.1) is 0 Å². The summed E-state index contributed by atoms with van der Waals surface area (Å²) < 4.78 is 0. The highest BCUT2D eigenvalue weighted by molar-refractivity contribution is 5.27. The van der Waals surface area contributed by atoms with Crippen LogP contribution in [0.25, 0.3) is 0 Å². The highest BCUT2D eigenvalue weighted by Gasteiger charge is 2.09. The molecule has 1 rings (SSSR count). The van der Waals surface area contributed by atoms with Gasteiger partial charge in [-0.05, 0) is 30.0 Å². The molecule has 2 heteroatoms. The number of rotatable bonds is 3. The van der Waals surface area contributed by atoms with Gasteiger partial charge in [0.05, 0.1) is 6.10 Å². The largest absolute Gasteiger partial charge is 0.508 e. The minimum Gasteiger partial charge on any atom is -0.508 e. The number of hydrogen-bond acceptors (Lipinski definition) is 2. The van der Waals surface area contributed by atoms with Crippen LogP contribution < -0.4 is 0 Å². The van der Waals surface area contributed by atoms with Crippen molar-refractivity contribution in [2.24, 2.45) is 5.92 Å². The van der Waals surface area contributed by atoms with Gasteiger partial charge in [0.15, 0.2) is 0 Å². The Kier molecular flexibility index (Phi) is 3.32. The lowest BCUT2D eigenvalue weighted by molar-refractivity contribution is 0.125.